The minimum absolute atomic E-state index is 0.0454. The first-order valence-electron chi connectivity index (χ1n) is 15.3. The molecule has 1 spiro atoms. The average molecular weight is 578 g/mol. The molecule has 1 N–H and O–H groups in total. The van der Waals surface area contributed by atoms with Crippen LogP contribution in [-0.2, 0) is 15.9 Å². The fraction of sp³-hybridized carbons (Fsp3) is 0.588. The van der Waals surface area contributed by atoms with Gasteiger partial charge >= 0.3 is 6.09 Å². The van der Waals surface area contributed by atoms with E-state index in [1.165, 1.54) is 16.9 Å². The van der Waals surface area contributed by atoms with Gasteiger partial charge in [-0.25, -0.2) is 4.79 Å². The molecule has 2 aromatic rings. The van der Waals surface area contributed by atoms with Crippen LogP contribution in [0.2, 0.25) is 0 Å². The van der Waals surface area contributed by atoms with Crippen LogP contribution < -0.4 is 0 Å². The molecular formula is C34H43NO5S. The molecule has 41 heavy (non-hydrogen) atoms. The van der Waals surface area contributed by atoms with Crippen LogP contribution in [0.1, 0.15) is 102 Å². The maximum absolute atomic E-state index is 14.1. The predicted octanol–water partition coefficient (Wildman–Crippen LogP) is 6.96. The van der Waals surface area contributed by atoms with Crippen LogP contribution >= 0.6 is 11.3 Å². The standard InChI is InChI=1S/C34H43NO5S/c1-22-6-4-15-33(3)29(14-16-34(33)21-35(32(38)40-34)20-26-7-5-17-39-26)27-12-10-24(18-25(36)11-8-22)19-28(27)31(37)30-13-9-23(2)41-30/h6,9-10,12-13,19,25-26,29,36H,4-5,7-8,11,14-18,20-21H2,1-3H3/t25-,26+,29-,33-,34+/m0/s1. The molecule has 220 valence electrons. The van der Waals surface area contributed by atoms with Gasteiger partial charge in [0.05, 0.1) is 30.2 Å². The summed E-state index contributed by atoms with van der Waals surface area (Å²) in [6, 6.07) is 10.2. The number of rotatable bonds is 4. The Kier molecular flexibility index (Phi) is 7.90. The van der Waals surface area contributed by atoms with Crippen LogP contribution in [0.4, 0.5) is 4.79 Å². The smallest absolute Gasteiger partial charge is 0.410 e. The van der Waals surface area contributed by atoms with E-state index in [4.69, 9.17) is 9.47 Å². The maximum Gasteiger partial charge on any atom is 0.410 e. The van der Waals surface area contributed by atoms with Crippen molar-refractivity contribution in [1.82, 2.24) is 4.90 Å². The molecule has 5 atom stereocenters. The first kappa shape index (κ1) is 28.6. The third-order valence-electron chi connectivity index (χ3n) is 10.3. The van der Waals surface area contributed by atoms with Gasteiger partial charge in [0.25, 0.3) is 0 Å². The third kappa shape index (κ3) is 5.41. The summed E-state index contributed by atoms with van der Waals surface area (Å²) in [6.07, 6.45) is 9.13. The number of nitrogens with zero attached hydrogens (tertiary/aromatic N) is 1. The van der Waals surface area contributed by atoms with Gasteiger partial charge in [0.2, 0.25) is 5.78 Å². The van der Waals surface area contributed by atoms with Crippen LogP contribution in [0.5, 0.6) is 0 Å². The van der Waals surface area contributed by atoms with E-state index in [2.05, 4.69) is 32.1 Å². The molecular weight excluding hydrogens is 534 g/mol. The van der Waals surface area contributed by atoms with Gasteiger partial charge < -0.3 is 19.5 Å². The molecule has 3 heterocycles. The number of hydrogen-bond donors (Lipinski definition) is 1. The van der Waals surface area contributed by atoms with Crippen LogP contribution in [0.25, 0.3) is 0 Å². The first-order chi connectivity index (χ1) is 19.7. The lowest BCUT2D eigenvalue weighted by Crippen LogP contribution is -2.48. The summed E-state index contributed by atoms with van der Waals surface area (Å²) in [4.78, 5) is 31.1. The lowest BCUT2D eigenvalue weighted by atomic mass is 9.65. The van der Waals surface area contributed by atoms with E-state index >= 15 is 0 Å². The van der Waals surface area contributed by atoms with E-state index in [-0.39, 0.29) is 29.3 Å². The molecule has 0 unspecified atom stereocenters. The van der Waals surface area contributed by atoms with Gasteiger partial charge in [-0.1, -0.05) is 30.7 Å². The summed E-state index contributed by atoms with van der Waals surface area (Å²) in [7, 11) is 0. The molecule has 5 aliphatic rings. The minimum atomic E-state index is -0.610. The lowest BCUT2D eigenvalue weighted by Gasteiger charge is -2.43. The summed E-state index contributed by atoms with van der Waals surface area (Å²) in [5.74, 6) is 0.109. The van der Waals surface area contributed by atoms with Crippen molar-refractivity contribution < 1.29 is 24.2 Å². The van der Waals surface area contributed by atoms with Crippen molar-refractivity contribution >= 4 is 23.2 Å². The van der Waals surface area contributed by atoms with Gasteiger partial charge in [-0.05, 0) is 107 Å². The number of aliphatic hydroxyl groups is 1. The normalized spacial score (nSPS) is 32.2. The molecule has 0 radical (unpaired) electrons. The first-order valence-corrected chi connectivity index (χ1v) is 16.2. The summed E-state index contributed by atoms with van der Waals surface area (Å²) in [6.45, 7) is 8.38. The lowest BCUT2D eigenvalue weighted by molar-refractivity contribution is -0.0374. The highest BCUT2D eigenvalue weighted by atomic mass is 32.1. The number of amides is 1. The number of allylic oxidation sites excluding steroid dienone is 2. The zero-order valence-electron chi connectivity index (χ0n) is 24.6. The number of thiophene rings is 1. The molecule has 7 heteroatoms. The van der Waals surface area contributed by atoms with E-state index in [9.17, 15) is 14.7 Å². The predicted molar refractivity (Wildman–Crippen MR) is 161 cm³/mol. The zero-order valence-corrected chi connectivity index (χ0v) is 25.4. The second-order valence-corrected chi connectivity index (χ2v) is 14.3. The van der Waals surface area contributed by atoms with Crippen LogP contribution in [0.15, 0.2) is 42.0 Å². The van der Waals surface area contributed by atoms with Gasteiger partial charge in [-0.15, -0.1) is 11.3 Å². The van der Waals surface area contributed by atoms with E-state index in [0.717, 1.165) is 78.0 Å². The molecule has 3 fully saturated rings. The number of ketones is 1. The van der Waals surface area contributed by atoms with Crippen molar-refractivity contribution in [3.63, 3.8) is 0 Å². The maximum atomic E-state index is 14.1. The summed E-state index contributed by atoms with van der Waals surface area (Å²) in [5.41, 5.74) is 3.09. The quantitative estimate of drug-likeness (QED) is 0.314. The van der Waals surface area contributed by atoms with Crippen molar-refractivity contribution in [1.29, 1.82) is 0 Å². The van der Waals surface area contributed by atoms with Crippen molar-refractivity contribution in [2.45, 2.75) is 102 Å². The fourth-order valence-electron chi connectivity index (χ4n) is 7.85. The molecule has 1 amide bonds. The average Bonchev–Trinajstić information content (AvgIpc) is 3.73. The Morgan fingerprint density at radius 1 is 1.15 bits per heavy atom. The highest BCUT2D eigenvalue weighted by Crippen LogP contribution is 2.61. The molecule has 1 aromatic carbocycles. The number of carbonyl (C=O) groups is 2. The molecule has 1 saturated carbocycles. The molecule has 1 aromatic heterocycles. The SMILES string of the molecule is CC1=CCC[C@@]2(C)[C@@H](CC[C@@]23CN(C[C@H]2CCCO2)C(=O)O3)c2ccc(cc2C(=O)c2ccc(C)s2)C[C@@H](O)CC1. The van der Waals surface area contributed by atoms with E-state index < -0.39 is 11.7 Å². The highest BCUT2D eigenvalue weighted by Gasteiger charge is 2.64. The van der Waals surface area contributed by atoms with Gasteiger partial charge in [0, 0.05) is 22.5 Å². The Morgan fingerprint density at radius 3 is 2.76 bits per heavy atom. The Bertz CT molecular complexity index is 1340. The molecule has 2 aliphatic heterocycles. The highest BCUT2D eigenvalue weighted by molar-refractivity contribution is 7.14. The molecule has 2 saturated heterocycles. The number of carbonyl (C=O) groups excluding carboxylic acids is 2. The van der Waals surface area contributed by atoms with Crippen molar-refractivity contribution in [2.75, 3.05) is 19.7 Å². The Morgan fingerprint density at radius 2 is 2.00 bits per heavy atom. The van der Waals surface area contributed by atoms with Gasteiger partial charge in [-0.2, -0.15) is 0 Å². The molecule has 2 bridgehead atoms. The Hall–Kier alpha value is -2.48. The molecule has 7 rings (SSSR count). The summed E-state index contributed by atoms with van der Waals surface area (Å²) >= 11 is 1.53. The topological polar surface area (TPSA) is 76.1 Å². The Labute approximate surface area is 247 Å². The van der Waals surface area contributed by atoms with Crippen LogP contribution in [0.3, 0.4) is 0 Å². The van der Waals surface area contributed by atoms with Crippen molar-refractivity contribution in [3.8, 4) is 0 Å². The van der Waals surface area contributed by atoms with E-state index in [1.807, 2.05) is 30.0 Å². The number of fused-ring (bicyclic) bond motifs is 8. The van der Waals surface area contributed by atoms with Gasteiger partial charge in [0.15, 0.2) is 0 Å². The number of hydrogen-bond acceptors (Lipinski definition) is 6. The summed E-state index contributed by atoms with van der Waals surface area (Å²) in [5, 5.41) is 10.8. The van der Waals surface area contributed by atoms with Crippen molar-refractivity contribution in [2.24, 2.45) is 5.41 Å². The van der Waals surface area contributed by atoms with Crippen LogP contribution in [0, 0.1) is 12.3 Å². The number of ether oxygens (including phenoxy) is 2. The van der Waals surface area contributed by atoms with Gasteiger partial charge in [-0.3, -0.25) is 4.79 Å². The summed E-state index contributed by atoms with van der Waals surface area (Å²) < 4.78 is 12.3. The van der Waals surface area contributed by atoms with Crippen molar-refractivity contribution in [3.05, 3.63) is 68.4 Å². The minimum Gasteiger partial charge on any atom is -0.440 e. The van der Waals surface area contributed by atoms with Gasteiger partial charge in [0.1, 0.15) is 5.60 Å². The second kappa shape index (κ2) is 11.3. The van der Waals surface area contributed by atoms with E-state index in [0.29, 0.717) is 25.9 Å². The Balaban J connectivity index is 1.41. The third-order valence-corrected chi connectivity index (χ3v) is 11.3. The number of benzene rings is 1. The van der Waals surface area contributed by atoms with Crippen LogP contribution in [-0.4, -0.2) is 59.4 Å². The molecule has 3 aliphatic carbocycles. The monoisotopic (exact) mass is 577 g/mol. The zero-order chi connectivity index (χ0) is 28.8. The number of aliphatic hydroxyl groups excluding tert-OH is 1. The van der Waals surface area contributed by atoms with E-state index in [1.54, 1.807) is 0 Å². The molecule has 6 nitrogen and oxygen atoms in total. The largest absolute Gasteiger partial charge is 0.440 e. The number of aryl methyl sites for hydroxylation is 1. The second-order valence-electron chi connectivity index (χ2n) is 13.0. The fourth-order valence-corrected chi connectivity index (χ4v) is 8.67.